The lowest BCUT2D eigenvalue weighted by Crippen LogP contribution is -2.21. The number of rotatable bonds is 11. The second kappa shape index (κ2) is 12.0. The molecule has 3 aromatic carbocycles. The van der Waals surface area contributed by atoms with E-state index in [-0.39, 0.29) is 54.9 Å². The van der Waals surface area contributed by atoms with E-state index in [0.717, 1.165) is 6.26 Å². The maximum absolute atomic E-state index is 13.5. The summed E-state index contributed by atoms with van der Waals surface area (Å²) in [6, 6.07) is 16.4. The number of sulfone groups is 1. The Kier molecular flexibility index (Phi) is 7.52. The van der Waals surface area contributed by atoms with E-state index in [1.807, 2.05) is 0 Å². The van der Waals surface area contributed by atoms with Gasteiger partial charge < -0.3 is 19.8 Å². The minimum absolute atomic E-state index is 0.0437. The molecule has 2 N–H and O–H groups in total. The molecule has 0 aliphatic heterocycles. The number of ether oxygens (including phenoxy) is 1. The number of fused-ring (bicyclic) bond motifs is 1. The van der Waals surface area contributed by atoms with Crippen LogP contribution in [-0.4, -0.2) is 36.9 Å². The van der Waals surface area contributed by atoms with Crippen LogP contribution < -0.4 is 15.4 Å². The predicted octanol–water partition coefficient (Wildman–Crippen LogP) is 6.14. The third-order valence-electron chi connectivity index (χ3n) is 5.85. The smallest absolute Gasteiger partial charge is 0.148 e. The number of furan rings is 1. The van der Waals surface area contributed by atoms with Gasteiger partial charge in [-0.25, -0.2) is 22.8 Å². The van der Waals surface area contributed by atoms with Crippen molar-refractivity contribution in [2.75, 3.05) is 23.9 Å². The molecule has 0 atom stereocenters. The third kappa shape index (κ3) is 7.15. The average Bonchev–Trinajstić information content (AvgIpc) is 3.23. The zero-order valence-electron chi connectivity index (χ0n) is 23.4. The molecule has 0 bridgehead atoms. The number of benzene rings is 3. The maximum Gasteiger partial charge on any atom is 0.148 e. The van der Waals surface area contributed by atoms with Gasteiger partial charge in [0, 0.05) is 29.4 Å². The van der Waals surface area contributed by atoms with Crippen molar-refractivity contribution in [2.45, 2.75) is 13.2 Å². The van der Waals surface area contributed by atoms with Gasteiger partial charge in [0.1, 0.15) is 51.7 Å². The summed E-state index contributed by atoms with van der Waals surface area (Å²) in [6.45, 7) is 0.480. The van der Waals surface area contributed by atoms with Crippen LogP contribution in [0.5, 0.6) is 5.75 Å². The van der Waals surface area contributed by atoms with Gasteiger partial charge in [0.05, 0.1) is 25.6 Å². The summed E-state index contributed by atoms with van der Waals surface area (Å²) in [5.41, 5.74) is 2.51. The van der Waals surface area contributed by atoms with Crippen molar-refractivity contribution in [1.29, 1.82) is 0 Å². The van der Waals surface area contributed by atoms with Gasteiger partial charge >= 0.3 is 0 Å². The first-order valence-corrected chi connectivity index (χ1v) is 14.7. The summed E-state index contributed by atoms with van der Waals surface area (Å²) in [7, 11) is -3.12. The van der Waals surface area contributed by atoms with Crippen LogP contribution in [0.15, 0.2) is 83.5 Å². The highest BCUT2D eigenvalue weighted by molar-refractivity contribution is 7.90. The van der Waals surface area contributed by atoms with Gasteiger partial charge in [-0.3, -0.25) is 0 Å². The minimum Gasteiger partial charge on any atom is -0.487 e. The molecule has 40 heavy (non-hydrogen) atoms. The molecule has 2 aromatic heterocycles. The second-order valence-electron chi connectivity index (χ2n) is 9.05. The van der Waals surface area contributed by atoms with E-state index in [0.29, 0.717) is 44.3 Å². The molecule has 0 saturated carbocycles. The zero-order chi connectivity index (χ0) is 29.9. The van der Waals surface area contributed by atoms with Gasteiger partial charge in [-0.15, -0.1) is 0 Å². The first-order valence-electron chi connectivity index (χ1n) is 13.2. The van der Waals surface area contributed by atoms with Crippen LogP contribution >= 0.6 is 11.6 Å². The molecule has 0 amide bonds. The fourth-order valence-electron chi connectivity index (χ4n) is 3.89. The molecule has 0 unspecified atom stereocenters. The molecule has 0 spiro atoms. The second-order valence-corrected chi connectivity index (χ2v) is 11.7. The number of aromatic nitrogens is 2. The predicted molar refractivity (Wildman–Crippen MR) is 154 cm³/mol. The summed E-state index contributed by atoms with van der Waals surface area (Å²) >= 11 is 6.46. The van der Waals surface area contributed by atoms with Crippen molar-refractivity contribution < 1.29 is 24.7 Å². The van der Waals surface area contributed by atoms with Crippen molar-refractivity contribution in [1.82, 2.24) is 15.3 Å². The normalized spacial score (nSPS) is 12.3. The topological polar surface area (TPSA) is 106 Å². The van der Waals surface area contributed by atoms with E-state index in [9.17, 15) is 12.8 Å². The molecule has 206 valence electrons. The number of halogens is 2. The molecular formula is C29H26ClFN4O4S. The van der Waals surface area contributed by atoms with E-state index in [1.54, 1.807) is 48.5 Å². The Morgan fingerprint density at radius 2 is 1.98 bits per heavy atom. The Morgan fingerprint density at radius 1 is 1.10 bits per heavy atom. The third-order valence-corrected chi connectivity index (χ3v) is 7.09. The van der Waals surface area contributed by atoms with Crippen LogP contribution in [0.4, 0.5) is 15.9 Å². The van der Waals surface area contributed by atoms with Crippen LogP contribution in [0, 0.1) is 5.82 Å². The number of nitrogens with zero attached hydrogens (tertiary/aromatic N) is 2. The average molecular weight is 583 g/mol. The number of nitrogens with one attached hydrogen (secondary N) is 2. The lowest BCUT2D eigenvalue weighted by molar-refractivity contribution is 0.306. The number of hydrogen-bond acceptors (Lipinski definition) is 8. The lowest BCUT2D eigenvalue weighted by atomic mass is 10.1. The fraction of sp³-hybridized carbons (Fsp3) is 0.172. The monoisotopic (exact) mass is 582 g/mol. The van der Waals surface area contributed by atoms with Gasteiger partial charge in [-0.1, -0.05) is 23.7 Å². The molecule has 5 aromatic rings. The molecule has 0 radical (unpaired) electrons. The SMILES string of the molecule is [2H]c1c(CNCCS(C)(=O)=O)oc(-c2ccc3ncnc(Nc4ccc(OCc5cccc(F)c5)c(Cl)c4)c3c2)c1[2H]. The fourth-order valence-corrected chi connectivity index (χ4v) is 4.64. The van der Waals surface area contributed by atoms with E-state index in [4.69, 9.17) is 23.5 Å². The quantitative estimate of drug-likeness (QED) is 0.179. The number of hydrogen-bond donors (Lipinski definition) is 2. The zero-order valence-corrected chi connectivity index (χ0v) is 22.9. The van der Waals surface area contributed by atoms with Gasteiger partial charge in [-0.05, 0) is 66.2 Å². The van der Waals surface area contributed by atoms with Crippen molar-refractivity contribution in [3.63, 3.8) is 0 Å². The van der Waals surface area contributed by atoms with Crippen molar-refractivity contribution in [2.24, 2.45) is 0 Å². The van der Waals surface area contributed by atoms with Crippen LogP contribution in [0.25, 0.3) is 22.2 Å². The summed E-state index contributed by atoms with van der Waals surface area (Å²) in [4.78, 5) is 8.71. The summed E-state index contributed by atoms with van der Waals surface area (Å²) in [5.74, 6) is 0.985. The highest BCUT2D eigenvalue weighted by Crippen LogP contribution is 2.32. The van der Waals surface area contributed by atoms with Crippen molar-refractivity contribution in [3.8, 4) is 17.1 Å². The molecule has 0 aliphatic carbocycles. The Balaban J connectivity index is 1.35. The van der Waals surface area contributed by atoms with E-state index >= 15 is 0 Å². The van der Waals surface area contributed by atoms with E-state index < -0.39 is 9.84 Å². The van der Waals surface area contributed by atoms with Crippen LogP contribution in [-0.2, 0) is 23.0 Å². The Labute approximate surface area is 238 Å². The molecule has 0 aliphatic rings. The van der Waals surface area contributed by atoms with Crippen molar-refractivity contribution >= 4 is 43.8 Å². The Bertz CT molecular complexity index is 1870. The standard InChI is InChI=1S/C29H26ClFN4O4S/c1-40(36,37)12-11-32-16-23-7-10-27(39-23)20-5-8-26-24(14-20)29(34-18-33-26)35-22-6-9-28(25(30)15-22)38-17-19-3-2-4-21(31)13-19/h2-10,13-15,18,32H,11-12,16-17H2,1H3,(H,33,34,35)/i7D,10D. The van der Waals surface area contributed by atoms with Gasteiger partial charge in [0.2, 0.25) is 0 Å². The first kappa shape index (κ1) is 25.0. The number of anilines is 2. The highest BCUT2D eigenvalue weighted by Gasteiger charge is 2.11. The molecular weight excluding hydrogens is 555 g/mol. The van der Waals surface area contributed by atoms with Gasteiger partial charge in [0.15, 0.2) is 0 Å². The van der Waals surface area contributed by atoms with E-state index in [2.05, 4.69) is 20.6 Å². The van der Waals surface area contributed by atoms with E-state index in [1.165, 1.54) is 18.5 Å². The molecule has 5 rings (SSSR count). The van der Waals surface area contributed by atoms with Crippen molar-refractivity contribution in [3.05, 3.63) is 101 Å². The summed E-state index contributed by atoms with van der Waals surface area (Å²) in [5, 5.41) is 7.18. The first-order chi connectivity index (χ1) is 20.1. The molecule has 0 fully saturated rings. The molecule has 0 saturated heterocycles. The van der Waals surface area contributed by atoms with Crippen LogP contribution in [0.1, 0.15) is 14.1 Å². The lowest BCUT2D eigenvalue weighted by Gasteiger charge is -2.12. The molecule has 8 nitrogen and oxygen atoms in total. The maximum atomic E-state index is 13.5. The highest BCUT2D eigenvalue weighted by atomic mass is 35.5. The largest absolute Gasteiger partial charge is 0.487 e. The minimum atomic E-state index is -3.12. The Hall–Kier alpha value is -3.99. The summed E-state index contributed by atoms with van der Waals surface area (Å²) in [6.07, 6.45) is 2.58. The summed E-state index contributed by atoms with van der Waals surface area (Å²) < 4.78 is 64.5. The van der Waals surface area contributed by atoms with Crippen LogP contribution in [0.2, 0.25) is 5.02 Å². The van der Waals surface area contributed by atoms with Gasteiger partial charge in [-0.2, -0.15) is 0 Å². The Morgan fingerprint density at radius 3 is 2.77 bits per heavy atom. The molecule has 2 heterocycles. The van der Waals surface area contributed by atoms with Crippen LogP contribution in [0.3, 0.4) is 0 Å². The van der Waals surface area contributed by atoms with Gasteiger partial charge in [0.25, 0.3) is 0 Å². The molecule has 11 heteroatoms.